The van der Waals surface area contributed by atoms with Crippen molar-refractivity contribution in [3.63, 3.8) is 0 Å². The zero-order valence-electron chi connectivity index (χ0n) is 42.8. The number of nitrogens with zero attached hydrogens (tertiary/aromatic N) is 4. The van der Waals surface area contributed by atoms with Crippen LogP contribution < -0.4 is 14.5 Å². The van der Waals surface area contributed by atoms with Gasteiger partial charge in [-0.15, -0.1) is 0 Å². The highest BCUT2D eigenvalue weighted by Gasteiger charge is 2.37. The van der Waals surface area contributed by atoms with Crippen molar-refractivity contribution in [3.8, 4) is 39.6 Å². The molecule has 1 aliphatic heterocycles. The average Bonchev–Trinajstić information content (AvgIpc) is 3.95. The van der Waals surface area contributed by atoms with Crippen LogP contribution in [-0.4, -0.2) is 16.2 Å². The molecule has 352 valence electrons. The molecule has 0 N–H and O–H groups in total. The van der Waals surface area contributed by atoms with Crippen molar-refractivity contribution in [1.82, 2.24) is 9.55 Å². The Morgan fingerprint density at radius 1 is 0.457 bits per heavy atom. The molecule has 0 saturated carbocycles. The third-order valence-corrected chi connectivity index (χ3v) is 14.2. The number of hydrogen-bond donors (Lipinski definition) is 0. The molecule has 0 radical (unpaired) electrons. The fraction of sp³-hybridized carbons (Fsp3) is 0.246. The van der Waals surface area contributed by atoms with Gasteiger partial charge in [0, 0.05) is 57.8 Å². The summed E-state index contributed by atoms with van der Waals surface area (Å²) in [6.07, 6.45) is 4.33. The van der Waals surface area contributed by atoms with E-state index in [4.69, 9.17) is 9.72 Å². The van der Waals surface area contributed by atoms with Crippen molar-refractivity contribution in [3.05, 3.63) is 216 Å². The van der Waals surface area contributed by atoms with E-state index in [9.17, 15) is 0 Å². The van der Waals surface area contributed by atoms with Crippen LogP contribution in [0, 0.1) is 0 Å². The molecule has 2 aromatic heterocycles. The normalized spacial score (nSPS) is 13.6. The summed E-state index contributed by atoms with van der Waals surface area (Å²) >= 11 is 0. The zero-order valence-corrected chi connectivity index (χ0v) is 42.8. The van der Waals surface area contributed by atoms with Crippen molar-refractivity contribution >= 4 is 33.2 Å². The molecule has 1 aliphatic rings. The van der Waals surface area contributed by atoms with Crippen molar-refractivity contribution in [2.45, 2.75) is 97.8 Å². The summed E-state index contributed by atoms with van der Waals surface area (Å²) in [6.45, 7) is 25.9. The number of ether oxygens (including phenoxy) is 1. The second-order valence-electron chi connectivity index (χ2n) is 22.7. The molecule has 0 atom stereocenters. The SMILES string of the molecule is CC(C)(C)c1cc(-c2ccccc2)cc(N2C=C(C(C)(C)c3ccccc3)N(c3cc(Oc4cc(C(C)(C)C)c5c6ccccc6n(-c6cc(C(C)(C)C)ccn6)c5c4)cc(-c4ccccc4)c3)C2)c1. The molecule has 0 spiro atoms. The predicted octanol–water partition coefficient (Wildman–Crippen LogP) is 17.3. The lowest BCUT2D eigenvalue weighted by Crippen LogP contribution is -2.34. The van der Waals surface area contributed by atoms with Gasteiger partial charge in [0.05, 0.1) is 17.7 Å². The highest BCUT2D eigenvalue weighted by Crippen LogP contribution is 2.46. The number of allylic oxidation sites excluding steroid dienone is 1. The predicted molar refractivity (Wildman–Crippen MR) is 296 cm³/mol. The number of para-hydroxylation sites is 1. The van der Waals surface area contributed by atoms with E-state index in [2.05, 4.69) is 273 Å². The van der Waals surface area contributed by atoms with E-state index in [0.717, 1.165) is 50.9 Å². The Morgan fingerprint density at radius 3 is 1.69 bits per heavy atom. The third-order valence-electron chi connectivity index (χ3n) is 14.2. The molecule has 0 aliphatic carbocycles. The van der Waals surface area contributed by atoms with E-state index < -0.39 is 0 Å². The van der Waals surface area contributed by atoms with Crippen LogP contribution in [0.3, 0.4) is 0 Å². The van der Waals surface area contributed by atoms with E-state index in [1.165, 1.54) is 49.9 Å². The molecule has 5 heteroatoms. The minimum atomic E-state index is -0.359. The standard InChI is InChI=1S/C65H66N4O/c1-62(2,3)49-31-32-66-60(38-49)69-57-30-22-21-29-55(57)61-56(64(7,8)9)40-54(41-58(61)69)70-53-36-47(45-25-17-13-18-26-45)35-52(39-53)68-43-67(42-59(68)65(10,11)48-27-19-14-20-28-48)51-34-46(44-23-15-12-16-24-44)33-50(37-51)63(4,5)6/h12-42H,43H2,1-11H3. The lowest BCUT2D eigenvalue weighted by molar-refractivity contribution is 0.480. The largest absolute Gasteiger partial charge is 0.457 e. The molecule has 70 heavy (non-hydrogen) atoms. The van der Waals surface area contributed by atoms with Crippen LogP contribution in [0.1, 0.15) is 98.4 Å². The first kappa shape index (κ1) is 46.4. The number of pyridine rings is 1. The molecular formula is C65H66N4O. The van der Waals surface area contributed by atoms with E-state index in [-0.39, 0.29) is 21.7 Å². The molecular weight excluding hydrogens is 853 g/mol. The summed E-state index contributed by atoms with van der Waals surface area (Å²) in [5, 5.41) is 2.42. The van der Waals surface area contributed by atoms with Gasteiger partial charge in [0.1, 0.15) is 17.3 Å². The quantitative estimate of drug-likeness (QED) is 0.144. The van der Waals surface area contributed by atoms with Gasteiger partial charge in [0.25, 0.3) is 0 Å². The van der Waals surface area contributed by atoms with Gasteiger partial charge in [-0.3, -0.25) is 4.57 Å². The van der Waals surface area contributed by atoms with E-state index in [1.54, 1.807) is 0 Å². The maximum absolute atomic E-state index is 7.29. The lowest BCUT2D eigenvalue weighted by Gasteiger charge is -2.34. The number of anilines is 2. The first-order chi connectivity index (χ1) is 33.3. The Morgan fingerprint density at radius 2 is 1.04 bits per heavy atom. The van der Waals surface area contributed by atoms with Crippen LogP contribution in [0.4, 0.5) is 11.4 Å². The van der Waals surface area contributed by atoms with Gasteiger partial charge < -0.3 is 14.5 Å². The fourth-order valence-electron chi connectivity index (χ4n) is 10.1. The number of fused-ring (bicyclic) bond motifs is 3. The van der Waals surface area contributed by atoms with Gasteiger partial charge in [0.15, 0.2) is 0 Å². The van der Waals surface area contributed by atoms with Gasteiger partial charge in [-0.05, 0) is 109 Å². The highest BCUT2D eigenvalue weighted by atomic mass is 16.5. The second kappa shape index (κ2) is 17.5. The van der Waals surface area contributed by atoms with Gasteiger partial charge in [0.2, 0.25) is 0 Å². The summed E-state index contributed by atoms with van der Waals surface area (Å²) in [5.74, 6) is 2.44. The van der Waals surface area contributed by atoms with Gasteiger partial charge in [-0.1, -0.05) is 191 Å². The first-order valence-corrected chi connectivity index (χ1v) is 24.8. The van der Waals surface area contributed by atoms with Crippen LogP contribution in [0.25, 0.3) is 49.9 Å². The second-order valence-corrected chi connectivity index (χ2v) is 22.7. The van der Waals surface area contributed by atoms with Crippen LogP contribution in [0.5, 0.6) is 11.5 Å². The molecule has 0 amide bonds. The minimum Gasteiger partial charge on any atom is -0.457 e. The maximum atomic E-state index is 7.29. The van der Waals surface area contributed by atoms with Gasteiger partial charge >= 0.3 is 0 Å². The molecule has 5 nitrogen and oxygen atoms in total. The van der Waals surface area contributed by atoms with E-state index in [1.807, 2.05) is 6.20 Å². The monoisotopic (exact) mass is 919 g/mol. The topological polar surface area (TPSA) is 33.5 Å². The third kappa shape index (κ3) is 8.90. The number of rotatable bonds is 9. The molecule has 9 aromatic rings. The molecule has 3 heterocycles. The summed E-state index contributed by atoms with van der Waals surface area (Å²) < 4.78 is 9.62. The molecule has 7 aromatic carbocycles. The molecule has 0 unspecified atom stereocenters. The van der Waals surface area contributed by atoms with E-state index >= 15 is 0 Å². The highest BCUT2D eigenvalue weighted by molar-refractivity contribution is 6.11. The summed E-state index contributed by atoms with van der Waals surface area (Å²) in [6, 6.07) is 63.8. The molecule has 0 bridgehead atoms. The van der Waals surface area contributed by atoms with Gasteiger partial charge in [-0.25, -0.2) is 4.98 Å². The molecule has 10 rings (SSSR count). The number of hydrogen-bond acceptors (Lipinski definition) is 4. The van der Waals surface area contributed by atoms with Crippen molar-refractivity contribution in [2.24, 2.45) is 0 Å². The van der Waals surface area contributed by atoms with Crippen molar-refractivity contribution in [1.29, 1.82) is 0 Å². The summed E-state index contributed by atoms with van der Waals surface area (Å²) in [5.41, 5.74) is 14.6. The Balaban J connectivity index is 1.15. The Hall–Kier alpha value is -7.37. The molecule has 0 saturated heterocycles. The number of benzene rings is 7. The summed E-state index contributed by atoms with van der Waals surface area (Å²) in [4.78, 5) is 9.95. The Bertz CT molecular complexity index is 3400. The number of aromatic nitrogens is 2. The molecule has 0 fully saturated rings. The van der Waals surface area contributed by atoms with E-state index in [0.29, 0.717) is 6.67 Å². The maximum Gasteiger partial charge on any atom is 0.137 e. The van der Waals surface area contributed by atoms with Crippen LogP contribution in [0.2, 0.25) is 0 Å². The first-order valence-electron chi connectivity index (χ1n) is 24.8. The fourth-order valence-corrected chi connectivity index (χ4v) is 10.1. The van der Waals surface area contributed by atoms with Gasteiger partial charge in [-0.2, -0.15) is 0 Å². The smallest absolute Gasteiger partial charge is 0.137 e. The van der Waals surface area contributed by atoms with Crippen molar-refractivity contribution in [2.75, 3.05) is 16.5 Å². The van der Waals surface area contributed by atoms with Crippen LogP contribution in [0.15, 0.2) is 194 Å². The minimum absolute atomic E-state index is 0.0396. The van der Waals surface area contributed by atoms with Crippen LogP contribution >= 0.6 is 0 Å². The lowest BCUT2D eigenvalue weighted by atomic mass is 9.81. The average molecular weight is 919 g/mol. The Kier molecular flexibility index (Phi) is 11.6. The van der Waals surface area contributed by atoms with Crippen molar-refractivity contribution < 1.29 is 4.74 Å². The Labute approximate surface area is 415 Å². The summed E-state index contributed by atoms with van der Waals surface area (Å²) in [7, 11) is 0. The van der Waals surface area contributed by atoms with Crippen LogP contribution in [-0.2, 0) is 21.7 Å². The zero-order chi connectivity index (χ0) is 49.2.